The molecular formula is C48H82O20. The van der Waals surface area contributed by atoms with Crippen LogP contribution in [0.5, 0.6) is 0 Å². The van der Waals surface area contributed by atoms with E-state index in [4.69, 9.17) is 33.2 Å². The molecule has 13 N–H and O–H groups in total. The van der Waals surface area contributed by atoms with Gasteiger partial charge in [-0.1, -0.05) is 34.6 Å². The first-order valence-corrected chi connectivity index (χ1v) is 25.2. The number of hydrogen-bond donors (Lipinski definition) is 13. The third kappa shape index (κ3) is 8.66. The van der Waals surface area contributed by atoms with Gasteiger partial charge in [-0.2, -0.15) is 0 Å². The van der Waals surface area contributed by atoms with Crippen molar-refractivity contribution >= 4 is 0 Å². The Morgan fingerprint density at radius 2 is 1.13 bits per heavy atom. The van der Waals surface area contributed by atoms with E-state index in [1.807, 2.05) is 13.8 Å². The minimum absolute atomic E-state index is 0.0234. The Bertz CT molecular complexity index is 1690. The summed E-state index contributed by atoms with van der Waals surface area (Å²) < 4.78 is 42.3. The molecule has 4 saturated heterocycles. The molecule has 4 heterocycles. The van der Waals surface area contributed by atoms with Crippen LogP contribution in [0.15, 0.2) is 0 Å². The molecule has 20 nitrogen and oxygen atoms in total. The molecule has 0 bridgehead atoms. The van der Waals surface area contributed by atoms with Crippen LogP contribution >= 0.6 is 0 Å². The normalized spacial score (nSPS) is 55.8. The Morgan fingerprint density at radius 3 is 1.72 bits per heavy atom. The summed E-state index contributed by atoms with van der Waals surface area (Å²) in [5.41, 5.74) is -1.81. The molecular weight excluding hydrogens is 897 g/mol. The molecule has 8 aliphatic rings. The van der Waals surface area contributed by atoms with Crippen LogP contribution in [0.25, 0.3) is 0 Å². The lowest BCUT2D eigenvalue weighted by Gasteiger charge is -2.73. The quantitative estimate of drug-likeness (QED) is 0.0943. The van der Waals surface area contributed by atoms with Crippen molar-refractivity contribution in [3.63, 3.8) is 0 Å². The Hall–Kier alpha value is -0.800. The van der Waals surface area contributed by atoms with Crippen molar-refractivity contribution in [2.75, 3.05) is 39.6 Å². The number of ether oxygens (including phenoxy) is 7. The molecule has 0 aromatic heterocycles. The predicted octanol–water partition coefficient (Wildman–Crippen LogP) is -1.98. The van der Waals surface area contributed by atoms with Gasteiger partial charge in [0.05, 0.1) is 58.0 Å². The number of rotatable bonds is 12. The smallest absolute Gasteiger partial charge is 0.187 e. The number of hydrogen-bond acceptors (Lipinski definition) is 20. The highest BCUT2D eigenvalue weighted by Gasteiger charge is 2.71. The predicted molar refractivity (Wildman–Crippen MR) is 234 cm³/mol. The Kier molecular flexibility index (Phi) is 15.8. The van der Waals surface area contributed by atoms with Crippen LogP contribution in [0, 0.1) is 50.7 Å². The molecule has 4 saturated carbocycles. The summed E-state index contributed by atoms with van der Waals surface area (Å²) in [5.74, 6) is 0.159. The topological polar surface area (TPSA) is 328 Å². The molecule has 68 heavy (non-hydrogen) atoms. The van der Waals surface area contributed by atoms with E-state index in [9.17, 15) is 66.4 Å². The van der Waals surface area contributed by atoms with E-state index in [1.165, 1.54) is 0 Å². The largest absolute Gasteiger partial charge is 0.396 e. The van der Waals surface area contributed by atoms with E-state index in [1.54, 1.807) is 0 Å². The van der Waals surface area contributed by atoms with Crippen LogP contribution in [-0.2, 0) is 33.2 Å². The van der Waals surface area contributed by atoms with E-state index in [0.717, 1.165) is 51.4 Å². The molecule has 8 fully saturated rings. The van der Waals surface area contributed by atoms with Crippen molar-refractivity contribution < 1.29 is 99.5 Å². The van der Waals surface area contributed by atoms with Gasteiger partial charge in [-0.25, -0.2) is 0 Å². The lowest BCUT2D eigenvalue weighted by atomic mass is 9.33. The van der Waals surface area contributed by atoms with Crippen LogP contribution in [0.1, 0.15) is 98.8 Å². The highest BCUT2D eigenvalue weighted by Crippen LogP contribution is 2.75. The first-order valence-electron chi connectivity index (χ1n) is 25.2. The van der Waals surface area contributed by atoms with Crippen molar-refractivity contribution in [1.82, 2.24) is 0 Å². The van der Waals surface area contributed by atoms with Gasteiger partial charge in [0.1, 0.15) is 73.2 Å². The van der Waals surface area contributed by atoms with Gasteiger partial charge < -0.3 is 99.5 Å². The van der Waals surface area contributed by atoms with E-state index in [2.05, 4.69) is 20.8 Å². The SMILES string of the molecule is CC(COC1OC(CO)C(O)C(O)C1O)C1CCC2(CCC3(C)C(CCC4C5(C)CCC(OC6OC(CO)C(O)C(O)C6OC6OC(CO)C(O)C(O)C6O)C(C)(CO)C5CCC43C)C2O)CO1. The molecule has 0 amide bonds. The average molecular weight is 979 g/mol. The van der Waals surface area contributed by atoms with Gasteiger partial charge in [0, 0.05) is 16.7 Å². The zero-order valence-electron chi connectivity index (χ0n) is 40.2. The summed E-state index contributed by atoms with van der Waals surface area (Å²) in [6.45, 7) is 9.52. The summed E-state index contributed by atoms with van der Waals surface area (Å²) in [6, 6.07) is 0. The maximum Gasteiger partial charge on any atom is 0.187 e. The van der Waals surface area contributed by atoms with Gasteiger partial charge in [0.2, 0.25) is 0 Å². The summed E-state index contributed by atoms with van der Waals surface area (Å²) in [4.78, 5) is 0. The summed E-state index contributed by atoms with van der Waals surface area (Å²) in [6.07, 6.45) is -16.2. The molecule has 4 aliphatic carbocycles. The second-order valence-electron chi connectivity index (χ2n) is 23.2. The van der Waals surface area contributed by atoms with Crippen LogP contribution in [0.3, 0.4) is 0 Å². The van der Waals surface area contributed by atoms with Crippen molar-refractivity contribution in [2.24, 2.45) is 50.7 Å². The molecule has 20 heteroatoms. The van der Waals surface area contributed by atoms with E-state index in [-0.39, 0.29) is 59.2 Å². The highest BCUT2D eigenvalue weighted by atomic mass is 16.8. The van der Waals surface area contributed by atoms with Gasteiger partial charge >= 0.3 is 0 Å². The van der Waals surface area contributed by atoms with Crippen LogP contribution in [0.4, 0.5) is 0 Å². The zero-order chi connectivity index (χ0) is 49.5. The summed E-state index contributed by atoms with van der Waals surface area (Å²) in [7, 11) is 0. The average Bonchev–Trinajstić information content (AvgIpc) is 3.33. The van der Waals surface area contributed by atoms with E-state index >= 15 is 0 Å². The van der Waals surface area contributed by atoms with Gasteiger partial charge in [-0.15, -0.1) is 0 Å². The number of aliphatic hydroxyl groups excluding tert-OH is 13. The van der Waals surface area contributed by atoms with Crippen LogP contribution < -0.4 is 0 Å². The number of aliphatic hydroxyl groups is 13. The highest BCUT2D eigenvalue weighted by molar-refractivity contribution is 5.19. The molecule has 0 radical (unpaired) electrons. The van der Waals surface area contributed by atoms with Gasteiger partial charge in [0.25, 0.3) is 0 Å². The van der Waals surface area contributed by atoms with Gasteiger partial charge in [0.15, 0.2) is 18.9 Å². The van der Waals surface area contributed by atoms with Gasteiger partial charge in [-0.05, 0) is 98.2 Å². The maximum atomic E-state index is 12.6. The van der Waals surface area contributed by atoms with Crippen molar-refractivity contribution in [3.8, 4) is 0 Å². The third-order valence-electron chi connectivity index (χ3n) is 20.0. The van der Waals surface area contributed by atoms with E-state index < -0.39 is 135 Å². The fraction of sp³-hybridized carbons (Fsp3) is 1.00. The van der Waals surface area contributed by atoms with Crippen molar-refractivity contribution in [1.29, 1.82) is 0 Å². The minimum Gasteiger partial charge on any atom is -0.396 e. The monoisotopic (exact) mass is 979 g/mol. The lowest BCUT2D eigenvalue weighted by Crippen LogP contribution is -2.69. The Labute approximate surface area is 398 Å². The maximum absolute atomic E-state index is 12.6. The summed E-state index contributed by atoms with van der Waals surface area (Å²) in [5, 5.41) is 138. The molecule has 0 aromatic rings. The molecule has 4 aliphatic heterocycles. The standard InChI is InChI=1S/C48H82O20/c1-22(19-62-41-37(59)34(56)31(53)25(16-49)64-41)24-8-13-48(21-63-24)15-14-46(4)23(40(48)61)6-7-29-44(2)11-10-30(45(3,20-52)28(44)9-12-47(29,46)5)67-43-39(36(58)33(55)27(18-51)66-43)68-42-38(60)35(57)32(54)26(17-50)65-42/h22-43,49-61H,6-21H2,1-5H3. The Morgan fingerprint density at radius 1 is 0.544 bits per heavy atom. The second-order valence-corrected chi connectivity index (χ2v) is 23.2. The summed E-state index contributed by atoms with van der Waals surface area (Å²) >= 11 is 0. The lowest BCUT2D eigenvalue weighted by molar-refractivity contribution is -0.380. The minimum atomic E-state index is -1.81. The first kappa shape index (κ1) is 53.5. The molecule has 0 aromatic carbocycles. The fourth-order valence-electron chi connectivity index (χ4n) is 15.4. The molecule has 8 rings (SSSR count). The molecule has 1 spiro atoms. The van der Waals surface area contributed by atoms with E-state index in [0.29, 0.717) is 19.4 Å². The first-order chi connectivity index (χ1) is 32.1. The zero-order valence-corrected chi connectivity index (χ0v) is 40.2. The van der Waals surface area contributed by atoms with Crippen LogP contribution in [-0.4, -0.2) is 216 Å². The second kappa shape index (κ2) is 20.1. The molecule has 27 atom stereocenters. The van der Waals surface area contributed by atoms with Crippen LogP contribution in [0.2, 0.25) is 0 Å². The Balaban J connectivity index is 0.933. The van der Waals surface area contributed by atoms with Crippen molar-refractivity contribution in [2.45, 2.75) is 209 Å². The molecule has 27 unspecified atom stereocenters. The number of fused-ring (bicyclic) bond motifs is 5. The molecule has 394 valence electrons. The van der Waals surface area contributed by atoms with Crippen molar-refractivity contribution in [3.05, 3.63) is 0 Å². The van der Waals surface area contributed by atoms with Gasteiger partial charge in [-0.3, -0.25) is 0 Å². The third-order valence-corrected chi connectivity index (χ3v) is 20.0. The fourth-order valence-corrected chi connectivity index (χ4v) is 15.4.